The second-order valence-corrected chi connectivity index (χ2v) is 10.8. The molecule has 9 nitrogen and oxygen atoms in total. The van der Waals surface area contributed by atoms with Crippen LogP contribution in [0.25, 0.3) is 21.6 Å². The number of hydrogen-bond donors (Lipinski definition) is 3. The maximum atomic E-state index is 13.6. The van der Waals surface area contributed by atoms with Gasteiger partial charge in [0, 0.05) is 22.7 Å². The number of carbonyl (C=O) groups excluding carboxylic acids is 1. The van der Waals surface area contributed by atoms with Crippen LogP contribution in [0.2, 0.25) is 0 Å². The molecule has 0 bridgehead atoms. The van der Waals surface area contributed by atoms with Crippen molar-refractivity contribution >= 4 is 39.8 Å². The molecule has 4 aromatic rings. The monoisotopic (exact) mass is 602 g/mol. The van der Waals surface area contributed by atoms with Crippen LogP contribution in [-0.4, -0.2) is 69.0 Å². The van der Waals surface area contributed by atoms with E-state index in [-0.39, 0.29) is 23.7 Å². The van der Waals surface area contributed by atoms with Crippen molar-refractivity contribution in [3.8, 4) is 10.7 Å². The third kappa shape index (κ3) is 7.45. The fraction of sp³-hybridized carbons (Fsp3) is 0.379. The van der Waals surface area contributed by atoms with Crippen molar-refractivity contribution in [3.05, 3.63) is 64.7 Å². The highest BCUT2D eigenvalue weighted by molar-refractivity contribution is 7.14. The molecule has 1 aliphatic rings. The van der Waals surface area contributed by atoms with Crippen molar-refractivity contribution < 1.29 is 27.9 Å². The molecule has 1 fully saturated rings. The fourth-order valence-electron chi connectivity index (χ4n) is 4.76. The van der Waals surface area contributed by atoms with E-state index in [2.05, 4.69) is 32.8 Å². The zero-order valence-electron chi connectivity index (χ0n) is 23.5. The van der Waals surface area contributed by atoms with Gasteiger partial charge in [-0.2, -0.15) is 13.2 Å². The number of amides is 1. The maximum Gasteiger partial charge on any atom is 0.406 e. The number of carbonyl (C=O) groups is 2. The Kier molecular flexibility index (Phi) is 9.84. The number of rotatable bonds is 8. The Hall–Kier alpha value is -3.97. The van der Waals surface area contributed by atoms with Crippen molar-refractivity contribution in [2.45, 2.75) is 52.0 Å². The van der Waals surface area contributed by atoms with Gasteiger partial charge in [0.15, 0.2) is 5.01 Å². The highest BCUT2D eigenvalue weighted by Crippen LogP contribution is 2.36. The van der Waals surface area contributed by atoms with Crippen molar-refractivity contribution in [1.29, 1.82) is 0 Å². The highest BCUT2D eigenvalue weighted by Gasteiger charge is 2.31. The molecule has 42 heavy (non-hydrogen) atoms. The standard InChI is InChI=1S/C27H27F3N6O3S.C2H6/c1-35-11-9-18(10-12-35)32-20-3-2-4-21-19(20)13-22(36(21)15-27(28,29)30)25-34-33-23(40-25)14-31-24(37)16-5-7-17(8-6-16)26(38)39;1-2/h2-8,13,18,32H,9-12,14-15H2,1H3,(H,31,37)(H,38,39);1-2H3. The Morgan fingerprint density at radius 1 is 1.05 bits per heavy atom. The lowest BCUT2D eigenvalue weighted by Crippen LogP contribution is -2.36. The van der Waals surface area contributed by atoms with E-state index in [9.17, 15) is 22.8 Å². The number of benzene rings is 2. The number of halogens is 3. The van der Waals surface area contributed by atoms with E-state index in [1.165, 1.54) is 28.8 Å². The average molecular weight is 603 g/mol. The van der Waals surface area contributed by atoms with Crippen LogP contribution >= 0.6 is 11.3 Å². The van der Waals surface area contributed by atoms with Gasteiger partial charge in [0.1, 0.15) is 11.6 Å². The van der Waals surface area contributed by atoms with Crippen molar-refractivity contribution in [2.75, 3.05) is 25.5 Å². The molecule has 1 amide bonds. The first-order valence-corrected chi connectivity index (χ1v) is 14.5. The zero-order chi connectivity index (χ0) is 30.4. The average Bonchev–Trinajstić information content (AvgIpc) is 3.58. The van der Waals surface area contributed by atoms with E-state index in [1.54, 1.807) is 18.2 Å². The SMILES string of the molecule is CC.CN1CCC(Nc2cccc3c2cc(-c2nnc(CNC(=O)c4ccc(C(=O)O)cc4)s2)n3CC(F)(F)F)CC1. The van der Waals surface area contributed by atoms with E-state index < -0.39 is 24.6 Å². The molecule has 2 aromatic carbocycles. The van der Waals surface area contributed by atoms with Gasteiger partial charge in [0.2, 0.25) is 0 Å². The Bertz CT molecular complexity index is 1530. The lowest BCUT2D eigenvalue weighted by atomic mass is 10.0. The van der Waals surface area contributed by atoms with E-state index >= 15 is 0 Å². The molecule has 2 aromatic heterocycles. The molecule has 0 saturated carbocycles. The van der Waals surface area contributed by atoms with Crippen LogP contribution in [0.1, 0.15) is 52.4 Å². The molecule has 0 atom stereocenters. The number of hydrogen-bond acceptors (Lipinski definition) is 7. The van der Waals surface area contributed by atoms with Crippen LogP contribution in [0, 0.1) is 0 Å². The zero-order valence-corrected chi connectivity index (χ0v) is 24.3. The van der Waals surface area contributed by atoms with E-state index in [0.717, 1.165) is 43.0 Å². The molecule has 1 aliphatic heterocycles. The molecule has 13 heteroatoms. The lowest BCUT2D eigenvalue weighted by molar-refractivity contribution is -0.139. The lowest BCUT2D eigenvalue weighted by Gasteiger charge is -2.30. The van der Waals surface area contributed by atoms with Crippen LogP contribution < -0.4 is 10.6 Å². The molecule has 5 rings (SSSR count). The maximum absolute atomic E-state index is 13.6. The first-order chi connectivity index (χ1) is 20.1. The van der Waals surface area contributed by atoms with Gasteiger partial charge in [-0.1, -0.05) is 31.3 Å². The van der Waals surface area contributed by atoms with Crippen LogP contribution in [-0.2, 0) is 13.1 Å². The molecular weight excluding hydrogens is 569 g/mol. The summed E-state index contributed by atoms with van der Waals surface area (Å²) in [5.41, 5.74) is 1.85. The van der Waals surface area contributed by atoms with Gasteiger partial charge >= 0.3 is 12.1 Å². The minimum atomic E-state index is -4.45. The summed E-state index contributed by atoms with van der Waals surface area (Å²) in [5, 5.41) is 24.9. The Morgan fingerprint density at radius 2 is 1.71 bits per heavy atom. The number of nitrogens with zero attached hydrogens (tertiary/aromatic N) is 4. The largest absolute Gasteiger partial charge is 0.478 e. The number of fused-ring (bicyclic) bond motifs is 1. The van der Waals surface area contributed by atoms with E-state index in [4.69, 9.17) is 5.11 Å². The van der Waals surface area contributed by atoms with E-state index in [0.29, 0.717) is 26.6 Å². The number of carboxylic acids is 1. The van der Waals surface area contributed by atoms with Crippen LogP contribution in [0.15, 0.2) is 48.5 Å². The van der Waals surface area contributed by atoms with Crippen LogP contribution in [0.3, 0.4) is 0 Å². The second-order valence-electron chi connectivity index (χ2n) is 9.76. The summed E-state index contributed by atoms with van der Waals surface area (Å²) in [6.07, 6.45) is -2.56. The van der Waals surface area contributed by atoms with Gasteiger partial charge < -0.3 is 25.2 Å². The summed E-state index contributed by atoms with van der Waals surface area (Å²) >= 11 is 1.10. The molecule has 0 aliphatic carbocycles. The number of aromatic nitrogens is 3. The summed E-state index contributed by atoms with van der Waals surface area (Å²) in [6.45, 7) is 4.73. The smallest absolute Gasteiger partial charge is 0.406 e. The minimum absolute atomic E-state index is 0.0135. The summed E-state index contributed by atoms with van der Waals surface area (Å²) in [4.78, 5) is 25.7. The molecular formula is C29H33F3N6O3S. The number of alkyl halides is 3. The molecule has 3 heterocycles. The number of likely N-dealkylation sites (tertiary alicyclic amines) is 1. The van der Waals surface area contributed by atoms with E-state index in [1.807, 2.05) is 19.9 Å². The van der Waals surface area contributed by atoms with Crippen molar-refractivity contribution in [3.63, 3.8) is 0 Å². The summed E-state index contributed by atoms with van der Waals surface area (Å²) in [5.74, 6) is -1.54. The number of aromatic carboxylic acids is 1. The van der Waals surface area contributed by atoms with Crippen molar-refractivity contribution in [1.82, 2.24) is 25.0 Å². The topological polar surface area (TPSA) is 112 Å². The molecule has 3 N–H and O–H groups in total. The molecule has 0 spiro atoms. The fourth-order valence-corrected chi connectivity index (χ4v) is 5.57. The Labute approximate surface area is 245 Å². The highest BCUT2D eigenvalue weighted by atomic mass is 32.1. The molecule has 224 valence electrons. The van der Waals surface area contributed by atoms with Crippen LogP contribution in [0.4, 0.5) is 18.9 Å². The van der Waals surface area contributed by atoms with Gasteiger partial charge in [-0.3, -0.25) is 4.79 Å². The van der Waals surface area contributed by atoms with Gasteiger partial charge in [-0.05, 0) is 75.4 Å². The number of anilines is 1. The molecule has 0 unspecified atom stereocenters. The number of carboxylic acid groups (broad SMARTS) is 1. The van der Waals surface area contributed by atoms with Crippen LogP contribution in [0.5, 0.6) is 0 Å². The van der Waals surface area contributed by atoms with Gasteiger partial charge in [0.25, 0.3) is 5.91 Å². The summed E-state index contributed by atoms with van der Waals surface area (Å²) in [6, 6.07) is 12.7. The predicted octanol–water partition coefficient (Wildman–Crippen LogP) is 5.88. The third-order valence-electron chi connectivity index (χ3n) is 6.84. The van der Waals surface area contributed by atoms with Crippen molar-refractivity contribution in [2.24, 2.45) is 0 Å². The quantitative estimate of drug-likeness (QED) is 0.231. The number of piperidine rings is 1. The summed E-state index contributed by atoms with van der Waals surface area (Å²) in [7, 11) is 2.07. The first-order valence-electron chi connectivity index (χ1n) is 13.7. The number of nitrogens with one attached hydrogen (secondary N) is 2. The van der Waals surface area contributed by atoms with Gasteiger partial charge in [-0.15, -0.1) is 10.2 Å². The normalized spacial score (nSPS) is 14.3. The first kappa shape index (κ1) is 31.0. The van der Waals surface area contributed by atoms with Gasteiger partial charge in [0.05, 0.1) is 23.3 Å². The molecule has 0 radical (unpaired) electrons. The minimum Gasteiger partial charge on any atom is -0.478 e. The Balaban J connectivity index is 0.00000198. The third-order valence-corrected chi connectivity index (χ3v) is 7.79. The summed E-state index contributed by atoms with van der Waals surface area (Å²) < 4.78 is 42.1. The predicted molar refractivity (Wildman–Crippen MR) is 157 cm³/mol. The Morgan fingerprint density at radius 3 is 2.36 bits per heavy atom. The molecule has 1 saturated heterocycles. The second kappa shape index (κ2) is 13.3. The van der Waals surface area contributed by atoms with Gasteiger partial charge in [-0.25, -0.2) is 4.79 Å².